The zero-order valence-electron chi connectivity index (χ0n) is 14.2. The fourth-order valence-corrected chi connectivity index (χ4v) is 2.64. The maximum Gasteiger partial charge on any atom is 0.251 e. The smallest absolute Gasteiger partial charge is 0.251 e. The molecule has 0 unspecified atom stereocenters. The molecule has 0 fully saturated rings. The molecule has 2 aromatic heterocycles. The third kappa shape index (κ3) is 3.85. The van der Waals surface area contributed by atoms with E-state index in [0.717, 1.165) is 22.2 Å². The molecular formula is C19H20N4O2. The van der Waals surface area contributed by atoms with Gasteiger partial charge in [0.25, 0.3) is 5.91 Å². The van der Waals surface area contributed by atoms with Gasteiger partial charge >= 0.3 is 0 Å². The maximum atomic E-state index is 12.3. The molecule has 2 heterocycles. The number of pyridine rings is 1. The number of amides is 2. The normalized spacial score (nSPS) is 10.6. The Morgan fingerprint density at radius 3 is 2.76 bits per heavy atom. The van der Waals surface area contributed by atoms with Crippen molar-refractivity contribution in [3.63, 3.8) is 0 Å². The second-order valence-corrected chi connectivity index (χ2v) is 5.90. The SMILES string of the molecule is Cc1[nH]c2ccc(C(=O)NCCC(=O)Nc3ccccn3)cc2c1C. The lowest BCUT2D eigenvalue weighted by atomic mass is 10.1. The third-order valence-corrected chi connectivity index (χ3v) is 4.14. The molecule has 0 bridgehead atoms. The van der Waals surface area contributed by atoms with Gasteiger partial charge in [0.15, 0.2) is 0 Å². The average Bonchev–Trinajstić information content (AvgIpc) is 2.89. The highest BCUT2D eigenvalue weighted by atomic mass is 16.2. The zero-order valence-corrected chi connectivity index (χ0v) is 14.2. The van der Waals surface area contributed by atoms with E-state index in [0.29, 0.717) is 11.4 Å². The summed E-state index contributed by atoms with van der Waals surface area (Å²) in [5.74, 6) is 0.125. The molecule has 0 saturated heterocycles. The van der Waals surface area contributed by atoms with Crippen molar-refractivity contribution in [3.8, 4) is 0 Å². The first-order valence-corrected chi connectivity index (χ1v) is 8.12. The van der Waals surface area contributed by atoms with Gasteiger partial charge in [0.05, 0.1) is 0 Å². The summed E-state index contributed by atoms with van der Waals surface area (Å²) in [6.45, 7) is 4.30. The van der Waals surface area contributed by atoms with E-state index >= 15 is 0 Å². The lowest BCUT2D eigenvalue weighted by Gasteiger charge is -2.06. The number of fused-ring (bicyclic) bond motifs is 1. The molecular weight excluding hydrogens is 316 g/mol. The summed E-state index contributed by atoms with van der Waals surface area (Å²) >= 11 is 0. The van der Waals surface area contributed by atoms with Crippen molar-refractivity contribution in [2.45, 2.75) is 20.3 Å². The third-order valence-electron chi connectivity index (χ3n) is 4.14. The monoisotopic (exact) mass is 336 g/mol. The number of benzene rings is 1. The van der Waals surface area contributed by atoms with Crippen LogP contribution in [0, 0.1) is 13.8 Å². The number of aromatic nitrogens is 2. The zero-order chi connectivity index (χ0) is 17.8. The van der Waals surface area contributed by atoms with Crippen LogP contribution in [-0.2, 0) is 4.79 Å². The summed E-state index contributed by atoms with van der Waals surface area (Å²) in [7, 11) is 0. The summed E-state index contributed by atoms with van der Waals surface area (Å²) in [6, 6.07) is 10.8. The molecule has 0 spiro atoms. The van der Waals surface area contributed by atoms with Crippen molar-refractivity contribution in [3.05, 3.63) is 59.4 Å². The van der Waals surface area contributed by atoms with Crippen LogP contribution in [0.2, 0.25) is 0 Å². The van der Waals surface area contributed by atoms with Gasteiger partial charge in [0, 0.05) is 41.3 Å². The van der Waals surface area contributed by atoms with Crippen molar-refractivity contribution >= 4 is 28.5 Å². The van der Waals surface area contributed by atoms with E-state index in [1.165, 1.54) is 0 Å². The molecule has 1 aromatic carbocycles. The van der Waals surface area contributed by atoms with Crippen LogP contribution in [-0.4, -0.2) is 28.3 Å². The van der Waals surface area contributed by atoms with Crippen molar-refractivity contribution in [2.75, 3.05) is 11.9 Å². The number of carbonyl (C=O) groups is 2. The van der Waals surface area contributed by atoms with Gasteiger partial charge in [0.1, 0.15) is 5.82 Å². The number of H-pyrrole nitrogens is 1. The summed E-state index contributed by atoms with van der Waals surface area (Å²) in [6.07, 6.45) is 1.80. The van der Waals surface area contributed by atoms with Crippen molar-refractivity contribution in [2.24, 2.45) is 0 Å². The number of anilines is 1. The highest BCUT2D eigenvalue weighted by molar-refractivity contribution is 5.99. The fourth-order valence-electron chi connectivity index (χ4n) is 2.64. The Kier molecular flexibility index (Phi) is 4.79. The van der Waals surface area contributed by atoms with E-state index in [1.54, 1.807) is 30.5 Å². The van der Waals surface area contributed by atoms with Gasteiger partial charge < -0.3 is 15.6 Å². The second kappa shape index (κ2) is 7.17. The summed E-state index contributed by atoms with van der Waals surface area (Å²) in [5, 5.41) is 6.50. The first-order chi connectivity index (χ1) is 12.0. The Labute approximate surface area is 145 Å². The Bertz CT molecular complexity index is 916. The molecule has 6 heteroatoms. The minimum atomic E-state index is -0.189. The Balaban J connectivity index is 1.55. The van der Waals surface area contributed by atoms with Gasteiger partial charge in [-0.1, -0.05) is 6.07 Å². The van der Waals surface area contributed by atoms with Crippen molar-refractivity contribution < 1.29 is 9.59 Å². The predicted octanol–water partition coefficient (Wildman–Crippen LogP) is 2.94. The molecule has 3 rings (SSSR count). The Morgan fingerprint density at radius 1 is 1.16 bits per heavy atom. The van der Waals surface area contributed by atoms with Crippen molar-refractivity contribution in [1.29, 1.82) is 0 Å². The first kappa shape index (κ1) is 16.7. The second-order valence-electron chi connectivity index (χ2n) is 5.90. The Hall–Kier alpha value is -3.15. The minimum absolute atomic E-state index is 0.187. The number of nitrogens with zero attached hydrogens (tertiary/aromatic N) is 1. The summed E-state index contributed by atoms with van der Waals surface area (Å²) < 4.78 is 0. The van der Waals surface area contributed by atoms with Gasteiger partial charge in [-0.25, -0.2) is 4.98 Å². The molecule has 0 aliphatic rings. The van der Waals surface area contributed by atoms with E-state index < -0.39 is 0 Å². The van der Waals surface area contributed by atoms with Crippen LogP contribution in [0.4, 0.5) is 5.82 Å². The fraction of sp³-hybridized carbons (Fsp3) is 0.211. The van der Waals surface area contributed by atoms with E-state index in [4.69, 9.17) is 0 Å². The largest absolute Gasteiger partial charge is 0.358 e. The molecule has 25 heavy (non-hydrogen) atoms. The summed E-state index contributed by atoms with van der Waals surface area (Å²) in [5.41, 5.74) is 3.83. The standard InChI is InChI=1S/C19H20N4O2/c1-12-13(2)22-16-7-6-14(11-15(12)16)19(25)21-10-8-18(24)23-17-5-3-4-9-20-17/h3-7,9,11,22H,8,10H2,1-2H3,(H,21,25)(H,20,23,24). The quantitative estimate of drug-likeness (QED) is 0.669. The van der Waals surface area contributed by atoms with Crippen LogP contribution in [0.3, 0.4) is 0 Å². The van der Waals surface area contributed by atoms with Crippen LogP contribution in [0.1, 0.15) is 28.0 Å². The van der Waals surface area contributed by atoms with Gasteiger partial charge in [-0.15, -0.1) is 0 Å². The van der Waals surface area contributed by atoms with Crippen LogP contribution in [0.15, 0.2) is 42.6 Å². The lowest BCUT2D eigenvalue weighted by molar-refractivity contribution is -0.116. The topological polar surface area (TPSA) is 86.9 Å². The molecule has 128 valence electrons. The lowest BCUT2D eigenvalue weighted by Crippen LogP contribution is -2.27. The number of hydrogen-bond donors (Lipinski definition) is 3. The molecule has 0 atom stereocenters. The molecule has 0 radical (unpaired) electrons. The van der Waals surface area contributed by atoms with Gasteiger partial charge in [-0.3, -0.25) is 9.59 Å². The van der Waals surface area contributed by atoms with Gasteiger partial charge in [-0.05, 0) is 49.7 Å². The summed E-state index contributed by atoms with van der Waals surface area (Å²) in [4.78, 5) is 31.4. The Morgan fingerprint density at radius 2 is 2.00 bits per heavy atom. The number of carbonyl (C=O) groups excluding carboxylic acids is 2. The maximum absolute atomic E-state index is 12.3. The predicted molar refractivity (Wildman–Crippen MR) is 97.6 cm³/mol. The molecule has 2 amide bonds. The number of hydrogen-bond acceptors (Lipinski definition) is 3. The number of aryl methyl sites for hydroxylation is 2. The van der Waals surface area contributed by atoms with E-state index in [1.807, 2.05) is 26.0 Å². The minimum Gasteiger partial charge on any atom is -0.358 e. The van der Waals surface area contributed by atoms with Crippen LogP contribution in [0.25, 0.3) is 10.9 Å². The average molecular weight is 336 g/mol. The van der Waals surface area contributed by atoms with Gasteiger partial charge in [0.2, 0.25) is 5.91 Å². The molecule has 0 saturated carbocycles. The number of nitrogens with one attached hydrogen (secondary N) is 3. The van der Waals surface area contributed by atoms with E-state index in [2.05, 4.69) is 20.6 Å². The molecule has 6 nitrogen and oxygen atoms in total. The van der Waals surface area contributed by atoms with Crippen LogP contribution in [0.5, 0.6) is 0 Å². The highest BCUT2D eigenvalue weighted by Crippen LogP contribution is 2.22. The first-order valence-electron chi connectivity index (χ1n) is 8.12. The van der Waals surface area contributed by atoms with Crippen LogP contribution < -0.4 is 10.6 Å². The van der Waals surface area contributed by atoms with E-state index in [9.17, 15) is 9.59 Å². The number of aromatic amines is 1. The molecule has 0 aliphatic heterocycles. The highest BCUT2D eigenvalue weighted by Gasteiger charge is 2.10. The molecule has 3 aromatic rings. The van der Waals surface area contributed by atoms with E-state index in [-0.39, 0.29) is 24.8 Å². The van der Waals surface area contributed by atoms with Crippen molar-refractivity contribution in [1.82, 2.24) is 15.3 Å². The van der Waals surface area contributed by atoms with Crippen LogP contribution >= 0.6 is 0 Å². The number of rotatable bonds is 5. The molecule has 0 aliphatic carbocycles. The molecule has 3 N–H and O–H groups in total. The van der Waals surface area contributed by atoms with Gasteiger partial charge in [-0.2, -0.15) is 0 Å².